The molecule has 196 valence electrons. The largest absolute Gasteiger partial charge is 0.466 e. The molecule has 2 aliphatic heterocycles. The van der Waals surface area contributed by atoms with Crippen LogP contribution in [-0.4, -0.2) is 62.4 Å². The van der Waals surface area contributed by atoms with Crippen molar-refractivity contribution in [3.8, 4) is 11.1 Å². The number of nitrogens with zero attached hydrogens (tertiary/aromatic N) is 2. The van der Waals surface area contributed by atoms with Crippen molar-refractivity contribution in [2.24, 2.45) is 5.92 Å². The number of carbonyl (C=O) groups is 1. The third-order valence-electron chi connectivity index (χ3n) is 7.81. The van der Waals surface area contributed by atoms with Crippen LogP contribution < -0.4 is 0 Å². The SMILES string of the molecule is CCC(=O)OCCC1CCN(S(=O)(=O)c2ccc(-c3ccc(CCN4CCCC4C)cc3)cc2)CC1. The molecule has 36 heavy (non-hydrogen) atoms. The second-order valence-electron chi connectivity index (χ2n) is 10.2. The molecule has 7 heteroatoms. The average molecular weight is 513 g/mol. The lowest BCUT2D eigenvalue weighted by atomic mass is 9.95. The molecule has 1 atom stereocenters. The molecular weight excluding hydrogens is 472 g/mol. The Morgan fingerprint density at radius 1 is 0.944 bits per heavy atom. The fraction of sp³-hybridized carbons (Fsp3) is 0.552. The fourth-order valence-corrected chi connectivity index (χ4v) is 6.78. The minimum absolute atomic E-state index is 0.179. The van der Waals surface area contributed by atoms with Crippen molar-refractivity contribution in [2.75, 3.05) is 32.8 Å². The van der Waals surface area contributed by atoms with Crippen LogP contribution in [0.3, 0.4) is 0 Å². The number of hydrogen-bond donors (Lipinski definition) is 0. The van der Waals surface area contributed by atoms with Crippen LogP contribution >= 0.6 is 0 Å². The maximum Gasteiger partial charge on any atom is 0.305 e. The van der Waals surface area contributed by atoms with Crippen LogP contribution in [0.1, 0.15) is 57.9 Å². The summed E-state index contributed by atoms with van der Waals surface area (Å²) in [5, 5.41) is 0. The normalized spacial score (nSPS) is 20.0. The van der Waals surface area contributed by atoms with E-state index in [1.54, 1.807) is 23.4 Å². The Morgan fingerprint density at radius 3 is 2.17 bits per heavy atom. The minimum Gasteiger partial charge on any atom is -0.466 e. The maximum absolute atomic E-state index is 13.2. The highest BCUT2D eigenvalue weighted by molar-refractivity contribution is 7.89. The predicted octanol–water partition coefficient (Wildman–Crippen LogP) is 5.12. The molecule has 2 heterocycles. The van der Waals surface area contributed by atoms with E-state index in [1.807, 2.05) is 12.1 Å². The third kappa shape index (κ3) is 6.75. The molecule has 2 aromatic carbocycles. The van der Waals surface area contributed by atoms with Crippen LogP contribution in [0.5, 0.6) is 0 Å². The number of hydrogen-bond acceptors (Lipinski definition) is 5. The van der Waals surface area contributed by atoms with Crippen LogP contribution in [0.15, 0.2) is 53.4 Å². The summed E-state index contributed by atoms with van der Waals surface area (Å²) in [5.41, 5.74) is 3.46. The number of carbonyl (C=O) groups excluding carboxylic acids is 1. The molecule has 0 amide bonds. The van der Waals surface area contributed by atoms with E-state index in [0.717, 1.165) is 43.4 Å². The molecule has 0 saturated carbocycles. The van der Waals surface area contributed by atoms with Crippen molar-refractivity contribution < 1.29 is 17.9 Å². The molecule has 0 bridgehead atoms. The van der Waals surface area contributed by atoms with Gasteiger partial charge in [-0.3, -0.25) is 4.79 Å². The van der Waals surface area contributed by atoms with Gasteiger partial charge in [-0.25, -0.2) is 8.42 Å². The molecule has 0 aromatic heterocycles. The van der Waals surface area contributed by atoms with Crippen LogP contribution in [-0.2, 0) is 26.0 Å². The first kappa shape index (κ1) is 26.8. The smallest absolute Gasteiger partial charge is 0.305 e. The predicted molar refractivity (Wildman–Crippen MR) is 143 cm³/mol. The zero-order valence-electron chi connectivity index (χ0n) is 21.7. The zero-order valence-corrected chi connectivity index (χ0v) is 22.5. The molecule has 0 N–H and O–H groups in total. The van der Waals surface area contributed by atoms with Crippen molar-refractivity contribution in [3.63, 3.8) is 0 Å². The Bertz CT molecular complexity index is 1090. The number of ether oxygens (including phenoxy) is 1. The Morgan fingerprint density at radius 2 is 1.58 bits per heavy atom. The van der Waals surface area contributed by atoms with Gasteiger partial charge in [0.2, 0.25) is 10.0 Å². The van der Waals surface area contributed by atoms with Gasteiger partial charge in [-0.1, -0.05) is 43.3 Å². The molecule has 0 spiro atoms. The van der Waals surface area contributed by atoms with Gasteiger partial charge in [0.15, 0.2) is 0 Å². The van der Waals surface area contributed by atoms with Crippen molar-refractivity contribution in [1.82, 2.24) is 9.21 Å². The third-order valence-corrected chi connectivity index (χ3v) is 9.72. The van der Waals surface area contributed by atoms with Crippen molar-refractivity contribution in [1.29, 1.82) is 0 Å². The van der Waals surface area contributed by atoms with Gasteiger partial charge in [-0.05, 0) is 86.7 Å². The lowest BCUT2D eigenvalue weighted by Crippen LogP contribution is -2.38. The summed E-state index contributed by atoms with van der Waals surface area (Å²) in [4.78, 5) is 14.2. The quantitative estimate of drug-likeness (QED) is 0.413. The Labute approximate surface area is 216 Å². The molecule has 0 aliphatic carbocycles. The van der Waals surface area contributed by atoms with E-state index in [9.17, 15) is 13.2 Å². The Hall–Kier alpha value is -2.22. The van der Waals surface area contributed by atoms with E-state index in [2.05, 4.69) is 36.1 Å². The first-order chi connectivity index (χ1) is 17.4. The summed E-state index contributed by atoms with van der Waals surface area (Å²) in [7, 11) is -3.51. The molecule has 6 nitrogen and oxygen atoms in total. The molecule has 4 rings (SSSR count). The Balaban J connectivity index is 1.29. The molecular formula is C29H40N2O4S. The van der Waals surface area contributed by atoms with Gasteiger partial charge in [0.25, 0.3) is 0 Å². The van der Waals surface area contributed by atoms with Crippen LogP contribution in [0.2, 0.25) is 0 Å². The van der Waals surface area contributed by atoms with Crippen molar-refractivity contribution in [3.05, 3.63) is 54.1 Å². The van der Waals surface area contributed by atoms with E-state index in [-0.39, 0.29) is 5.97 Å². The average Bonchev–Trinajstić information content (AvgIpc) is 3.32. The molecule has 1 unspecified atom stereocenters. The summed E-state index contributed by atoms with van der Waals surface area (Å²) in [6, 6.07) is 16.6. The van der Waals surface area contributed by atoms with Crippen LogP contribution in [0, 0.1) is 5.92 Å². The maximum atomic E-state index is 13.2. The lowest BCUT2D eigenvalue weighted by molar-refractivity contribution is -0.143. The summed E-state index contributed by atoms with van der Waals surface area (Å²) in [5.74, 6) is 0.215. The van der Waals surface area contributed by atoms with Gasteiger partial charge in [0.1, 0.15) is 0 Å². The lowest BCUT2D eigenvalue weighted by Gasteiger charge is -2.31. The molecule has 2 aliphatic rings. The van der Waals surface area contributed by atoms with E-state index in [1.165, 1.54) is 24.9 Å². The summed E-state index contributed by atoms with van der Waals surface area (Å²) < 4.78 is 33.1. The molecule has 2 saturated heterocycles. The van der Waals surface area contributed by atoms with Crippen LogP contribution in [0.4, 0.5) is 0 Å². The van der Waals surface area contributed by atoms with Gasteiger partial charge in [-0.2, -0.15) is 4.31 Å². The summed E-state index contributed by atoms with van der Waals surface area (Å²) >= 11 is 0. The number of likely N-dealkylation sites (tertiary alicyclic amines) is 1. The number of esters is 1. The minimum atomic E-state index is -3.51. The van der Waals surface area contributed by atoms with Gasteiger partial charge in [-0.15, -0.1) is 0 Å². The molecule has 0 radical (unpaired) electrons. The highest BCUT2D eigenvalue weighted by Gasteiger charge is 2.29. The van der Waals surface area contributed by atoms with Gasteiger partial charge in [0, 0.05) is 32.1 Å². The van der Waals surface area contributed by atoms with Gasteiger partial charge >= 0.3 is 5.97 Å². The van der Waals surface area contributed by atoms with E-state index < -0.39 is 10.0 Å². The first-order valence-corrected chi connectivity index (χ1v) is 14.9. The van der Waals surface area contributed by atoms with Gasteiger partial charge < -0.3 is 9.64 Å². The second-order valence-corrected chi connectivity index (χ2v) is 12.1. The monoisotopic (exact) mass is 512 g/mol. The topological polar surface area (TPSA) is 66.9 Å². The van der Waals surface area contributed by atoms with E-state index >= 15 is 0 Å². The van der Waals surface area contributed by atoms with Crippen molar-refractivity contribution in [2.45, 2.75) is 69.7 Å². The van der Waals surface area contributed by atoms with E-state index in [4.69, 9.17) is 4.74 Å². The summed E-state index contributed by atoms with van der Waals surface area (Å²) in [6.07, 6.45) is 6.45. The highest BCUT2D eigenvalue weighted by Crippen LogP contribution is 2.28. The van der Waals surface area contributed by atoms with Crippen molar-refractivity contribution >= 4 is 16.0 Å². The number of rotatable bonds is 10. The van der Waals surface area contributed by atoms with Crippen LogP contribution in [0.25, 0.3) is 11.1 Å². The number of benzene rings is 2. The number of piperidine rings is 1. The second kappa shape index (κ2) is 12.3. The standard InChI is InChI=1S/C29H40N2O4S/c1-3-29(32)35-22-17-25-15-20-31(21-16-25)36(33,34)28-12-10-27(11-13-28)26-8-6-24(7-9-26)14-19-30-18-4-5-23(30)2/h6-13,23,25H,3-5,14-22H2,1-2H3. The molecule has 2 fully saturated rings. The fourth-order valence-electron chi connectivity index (χ4n) is 5.31. The highest BCUT2D eigenvalue weighted by atomic mass is 32.2. The summed E-state index contributed by atoms with van der Waals surface area (Å²) in [6.45, 7) is 7.86. The zero-order chi connectivity index (χ0) is 25.5. The first-order valence-electron chi connectivity index (χ1n) is 13.5. The Kier molecular flexibility index (Phi) is 9.20. The van der Waals surface area contributed by atoms with Gasteiger partial charge in [0.05, 0.1) is 11.5 Å². The molecule has 2 aromatic rings. The van der Waals surface area contributed by atoms with E-state index in [0.29, 0.717) is 43.0 Å². The number of sulfonamides is 1.